The van der Waals surface area contributed by atoms with E-state index in [1.165, 1.54) is 22.4 Å². The van der Waals surface area contributed by atoms with E-state index >= 15 is 0 Å². The monoisotopic (exact) mass is 349 g/mol. The topological polar surface area (TPSA) is 56.1 Å². The van der Waals surface area contributed by atoms with Gasteiger partial charge in [0, 0.05) is 19.3 Å². The number of ether oxygens (including phenoxy) is 1. The maximum absolute atomic E-state index is 5.22. The Morgan fingerprint density at radius 3 is 2.73 bits per heavy atom. The maximum atomic E-state index is 5.22. The zero-order valence-electron chi connectivity index (χ0n) is 15.2. The Morgan fingerprint density at radius 1 is 1.12 bits per heavy atom. The van der Waals surface area contributed by atoms with Crippen LogP contribution >= 0.6 is 0 Å². The predicted molar refractivity (Wildman–Crippen MR) is 100 cm³/mol. The summed E-state index contributed by atoms with van der Waals surface area (Å²) in [6.07, 6.45) is 1.04. The molecule has 0 amide bonds. The zero-order valence-corrected chi connectivity index (χ0v) is 15.2. The third-order valence-electron chi connectivity index (χ3n) is 4.94. The van der Waals surface area contributed by atoms with Gasteiger partial charge in [-0.15, -0.1) is 5.10 Å². The Bertz CT molecular complexity index is 874. The van der Waals surface area contributed by atoms with Crippen LogP contribution in [0, 0.1) is 6.92 Å². The molecule has 0 aliphatic carbocycles. The van der Waals surface area contributed by atoms with Crippen LogP contribution in [0.3, 0.4) is 0 Å². The third kappa shape index (κ3) is 3.08. The molecule has 0 spiro atoms. The van der Waals surface area contributed by atoms with E-state index in [0.29, 0.717) is 13.2 Å². The molecule has 2 aromatic carbocycles. The largest absolute Gasteiger partial charge is 0.383 e. The summed E-state index contributed by atoms with van der Waals surface area (Å²) in [6, 6.07) is 17.2. The van der Waals surface area contributed by atoms with Crippen molar-refractivity contribution in [2.45, 2.75) is 25.9 Å². The standard InChI is InChI=1S/C20H23N5O/c1-15-7-9-17(10-8-15)19(20-21-22-23-25(20)13-14-26-2)24-12-11-16-5-3-4-6-18(16)24/h3-10,19H,11-14H2,1-2H3/t19-/m1/s1. The first kappa shape index (κ1) is 16.7. The van der Waals surface area contributed by atoms with Gasteiger partial charge in [-0.05, 0) is 41.0 Å². The molecular formula is C20H23N5O. The molecule has 6 heteroatoms. The molecule has 0 fully saturated rings. The molecule has 0 saturated heterocycles. The van der Waals surface area contributed by atoms with Gasteiger partial charge in [-0.2, -0.15) is 0 Å². The molecule has 26 heavy (non-hydrogen) atoms. The van der Waals surface area contributed by atoms with E-state index in [-0.39, 0.29) is 6.04 Å². The van der Waals surface area contributed by atoms with E-state index < -0.39 is 0 Å². The van der Waals surface area contributed by atoms with E-state index in [1.807, 2.05) is 4.68 Å². The van der Waals surface area contributed by atoms with Crippen molar-refractivity contribution in [1.29, 1.82) is 0 Å². The highest BCUT2D eigenvalue weighted by molar-refractivity contribution is 5.60. The first-order valence-corrected chi connectivity index (χ1v) is 8.94. The summed E-state index contributed by atoms with van der Waals surface area (Å²) in [6.45, 7) is 4.27. The van der Waals surface area contributed by atoms with Gasteiger partial charge >= 0.3 is 0 Å². The van der Waals surface area contributed by atoms with Gasteiger partial charge in [-0.1, -0.05) is 48.0 Å². The third-order valence-corrected chi connectivity index (χ3v) is 4.94. The lowest BCUT2D eigenvalue weighted by Crippen LogP contribution is -2.30. The summed E-state index contributed by atoms with van der Waals surface area (Å²) < 4.78 is 7.08. The number of methoxy groups -OCH3 is 1. The van der Waals surface area contributed by atoms with Crippen molar-refractivity contribution in [3.05, 3.63) is 71.0 Å². The molecule has 1 aliphatic rings. The number of fused-ring (bicyclic) bond motifs is 1. The van der Waals surface area contributed by atoms with E-state index in [4.69, 9.17) is 4.74 Å². The molecular weight excluding hydrogens is 326 g/mol. The summed E-state index contributed by atoms with van der Waals surface area (Å²) in [7, 11) is 1.69. The zero-order chi connectivity index (χ0) is 17.9. The fourth-order valence-corrected chi connectivity index (χ4v) is 3.59. The van der Waals surface area contributed by atoms with Crippen LogP contribution in [0.2, 0.25) is 0 Å². The van der Waals surface area contributed by atoms with E-state index in [1.54, 1.807) is 7.11 Å². The van der Waals surface area contributed by atoms with Gasteiger partial charge in [-0.3, -0.25) is 0 Å². The second-order valence-electron chi connectivity index (χ2n) is 6.64. The fourth-order valence-electron chi connectivity index (χ4n) is 3.59. The molecule has 0 N–H and O–H groups in total. The molecule has 1 atom stereocenters. The van der Waals surface area contributed by atoms with Crippen molar-refractivity contribution in [3.8, 4) is 0 Å². The van der Waals surface area contributed by atoms with Crippen LogP contribution in [0.15, 0.2) is 48.5 Å². The van der Waals surface area contributed by atoms with Gasteiger partial charge in [0.1, 0.15) is 6.04 Å². The smallest absolute Gasteiger partial charge is 0.178 e. The Morgan fingerprint density at radius 2 is 1.92 bits per heavy atom. The Hall–Kier alpha value is -2.73. The van der Waals surface area contributed by atoms with Crippen molar-refractivity contribution in [3.63, 3.8) is 0 Å². The first-order valence-electron chi connectivity index (χ1n) is 8.94. The Labute approximate surface area is 153 Å². The number of anilines is 1. The number of tetrazole rings is 1. The minimum Gasteiger partial charge on any atom is -0.383 e. The normalized spacial score (nSPS) is 14.5. The average molecular weight is 349 g/mol. The van der Waals surface area contributed by atoms with Crippen molar-refractivity contribution in [1.82, 2.24) is 20.2 Å². The van der Waals surface area contributed by atoms with Gasteiger partial charge in [0.05, 0.1) is 13.2 Å². The predicted octanol–water partition coefficient (Wildman–Crippen LogP) is 2.78. The molecule has 6 nitrogen and oxygen atoms in total. The molecule has 1 aliphatic heterocycles. The number of hydrogen-bond donors (Lipinski definition) is 0. The second kappa shape index (κ2) is 7.25. The van der Waals surface area contributed by atoms with Crippen LogP contribution in [-0.4, -0.2) is 40.5 Å². The summed E-state index contributed by atoms with van der Waals surface area (Å²) in [5.74, 6) is 0.850. The van der Waals surface area contributed by atoms with Crippen molar-refractivity contribution in [2.75, 3.05) is 25.2 Å². The number of aryl methyl sites for hydroxylation is 1. The van der Waals surface area contributed by atoms with Crippen LogP contribution in [-0.2, 0) is 17.7 Å². The van der Waals surface area contributed by atoms with E-state index in [0.717, 1.165) is 18.8 Å². The molecule has 3 aromatic rings. The lowest BCUT2D eigenvalue weighted by atomic mass is 10.0. The average Bonchev–Trinajstić information content (AvgIpc) is 3.30. The first-order chi connectivity index (χ1) is 12.8. The lowest BCUT2D eigenvalue weighted by molar-refractivity contribution is 0.181. The Balaban J connectivity index is 1.79. The minimum absolute atomic E-state index is 0.0221. The fraction of sp³-hybridized carbons (Fsp3) is 0.350. The molecule has 1 aromatic heterocycles. The van der Waals surface area contributed by atoms with Crippen molar-refractivity contribution >= 4 is 5.69 Å². The highest BCUT2D eigenvalue weighted by Gasteiger charge is 2.32. The number of aromatic nitrogens is 4. The number of para-hydroxylation sites is 1. The second-order valence-corrected chi connectivity index (χ2v) is 6.64. The Kier molecular flexibility index (Phi) is 4.67. The summed E-state index contributed by atoms with van der Waals surface area (Å²) >= 11 is 0. The summed E-state index contributed by atoms with van der Waals surface area (Å²) in [4.78, 5) is 2.41. The quantitative estimate of drug-likeness (QED) is 0.685. The highest BCUT2D eigenvalue weighted by Crippen LogP contribution is 2.37. The molecule has 0 radical (unpaired) electrons. The molecule has 0 unspecified atom stereocenters. The minimum atomic E-state index is -0.0221. The van der Waals surface area contributed by atoms with Crippen LogP contribution in [0.1, 0.15) is 28.6 Å². The van der Waals surface area contributed by atoms with Gasteiger partial charge in [-0.25, -0.2) is 4.68 Å². The molecule has 134 valence electrons. The summed E-state index contributed by atoms with van der Waals surface area (Å²) in [5.41, 5.74) is 5.08. The van der Waals surface area contributed by atoms with Crippen molar-refractivity contribution in [2.24, 2.45) is 0 Å². The number of benzene rings is 2. The molecule has 0 bridgehead atoms. The number of rotatable bonds is 6. The van der Waals surface area contributed by atoms with E-state index in [9.17, 15) is 0 Å². The van der Waals surface area contributed by atoms with Crippen LogP contribution in [0.25, 0.3) is 0 Å². The lowest BCUT2D eigenvalue weighted by Gasteiger charge is -2.30. The molecule has 0 saturated carbocycles. The van der Waals surface area contributed by atoms with Gasteiger partial charge in [0.15, 0.2) is 5.82 Å². The van der Waals surface area contributed by atoms with E-state index in [2.05, 4.69) is 75.9 Å². The number of nitrogens with zero attached hydrogens (tertiary/aromatic N) is 5. The van der Waals surface area contributed by atoms with Gasteiger partial charge in [0.25, 0.3) is 0 Å². The van der Waals surface area contributed by atoms with Gasteiger partial charge in [0.2, 0.25) is 0 Å². The van der Waals surface area contributed by atoms with Crippen LogP contribution in [0.5, 0.6) is 0 Å². The highest BCUT2D eigenvalue weighted by atomic mass is 16.5. The van der Waals surface area contributed by atoms with Crippen LogP contribution < -0.4 is 4.90 Å². The van der Waals surface area contributed by atoms with Crippen LogP contribution in [0.4, 0.5) is 5.69 Å². The van der Waals surface area contributed by atoms with Gasteiger partial charge < -0.3 is 9.64 Å². The molecule has 4 rings (SSSR count). The number of hydrogen-bond acceptors (Lipinski definition) is 5. The maximum Gasteiger partial charge on any atom is 0.178 e. The summed E-state index contributed by atoms with van der Waals surface area (Å²) in [5, 5.41) is 12.5. The SMILES string of the molecule is COCCn1nnnc1[C@@H](c1ccc(C)cc1)N1CCc2ccccc21. The van der Waals surface area contributed by atoms with Crippen molar-refractivity contribution < 1.29 is 4.74 Å². The molecule has 2 heterocycles.